The van der Waals surface area contributed by atoms with E-state index in [-0.39, 0.29) is 35.2 Å². The number of ether oxygens (including phenoxy) is 2. The van der Waals surface area contributed by atoms with Gasteiger partial charge in [0, 0.05) is 6.07 Å². The highest BCUT2D eigenvalue weighted by atomic mass is 35.5. The van der Waals surface area contributed by atoms with Crippen molar-refractivity contribution in [2.75, 3.05) is 7.11 Å². The van der Waals surface area contributed by atoms with E-state index >= 15 is 0 Å². The Labute approximate surface area is 192 Å². The average molecular weight is 480 g/mol. The summed E-state index contributed by atoms with van der Waals surface area (Å²) in [5, 5.41) is 13.1. The predicted molar refractivity (Wildman–Crippen MR) is 120 cm³/mol. The van der Waals surface area contributed by atoms with Gasteiger partial charge in [-0.1, -0.05) is 18.2 Å². The van der Waals surface area contributed by atoms with Crippen molar-refractivity contribution in [2.24, 2.45) is 5.73 Å². The predicted octanol–water partition coefficient (Wildman–Crippen LogP) is 3.18. The number of hydrogen-bond acceptors (Lipinski definition) is 9. The van der Waals surface area contributed by atoms with Gasteiger partial charge in [0.2, 0.25) is 5.75 Å². The Morgan fingerprint density at radius 1 is 1.25 bits per heavy atom. The van der Waals surface area contributed by atoms with Crippen LogP contribution >= 0.6 is 24.2 Å². The number of nitro benzene ring substituents is 1. The summed E-state index contributed by atoms with van der Waals surface area (Å²) in [7, 11) is 1.26. The van der Waals surface area contributed by atoms with Crippen molar-refractivity contribution >= 4 is 53.0 Å². The van der Waals surface area contributed by atoms with Gasteiger partial charge in [0.15, 0.2) is 0 Å². The number of esters is 1. The zero-order valence-corrected chi connectivity index (χ0v) is 18.2. The lowest BCUT2D eigenvalue weighted by Gasteiger charge is -2.10. The lowest BCUT2D eigenvalue weighted by Crippen LogP contribution is -2.33. The Morgan fingerprint density at radius 3 is 2.50 bits per heavy atom. The van der Waals surface area contributed by atoms with Crippen LogP contribution in [0.25, 0.3) is 6.08 Å². The van der Waals surface area contributed by atoms with Gasteiger partial charge in [0.05, 0.1) is 16.9 Å². The standard InChI is InChI=1S/C20H17N3O7S.ClH/c1-29-19(25)14(21)8-11-2-5-13(6-3-11)30-16-7-4-12(9-15(16)23(27)28)10-17-18(24)22-20(26)31-17;/h2-7,9-10,14H,8,21H2,1H3,(H,22,24,26);1H/b17-10-;/t14-;/m0./s1. The molecule has 0 spiro atoms. The number of carbonyl (C=O) groups excluding carboxylic acids is 3. The number of halogens is 1. The number of nitrogens with zero attached hydrogens (tertiary/aromatic N) is 1. The Hall–Kier alpha value is -3.41. The van der Waals surface area contributed by atoms with Gasteiger partial charge in [-0.05, 0) is 53.6 Å². The van der Waals surface area contributed by atoms with Gasteiger partial charge in [-0.15, -0.1) is 12.4 Å². The number of nitrogens with two attached hydrogens (primary N) is 1. The number of methoxy groups -OCH3 is 1. The van der Waals surface area contributed by atoms with E-state index in [9.17, 15) is 24.5 Å². The highest BCUT2D eigenvalue weighted by Gasteiger charge is 2.25. The number of carbonyl (C=O) groups is 3. The molecule has 3 N–H and O–H groups in total. The Kier molecular flexibility index (Phi) is 8.35. The summed E-state index contributed by atoms with van der Waals surface area (Å²) in [6.45, 7) is 0. The first-order valence-electron chi connectivity index (χ1n) is 8.90. The maximum Gasteiger partial charge on any atom is 0.322 e. The molecule has 0 radical (unpaired) electrons. The zero-order valence-electron chi connectivity index (χ0n) is 16.6. The summed E-state index contributed by atoms with van der Waals surface area (Å²) >= 11 is 0.721. The molecule has 0 bridgehead atoms. The topological polar surface area (TPSA) is 151 Å². The molecule has 3 rings (SSSR count). The van der Waals surface area contributed by atoms with Crippen molar-refractivity contribution in [3.8, 4) is 11.5 Å². The van der Waals surface area contributed by atoms with E-state index < -0.39 is 28.1 Å². The molecule has 1 atom stereocenters. The molecule has 1 aliphatic heterocycles. The molecule has 1 heterocycles. The van der Waals surface area contributed by atoms with Gasteiger partial charge in [0.25, 0.3) is 11.1 Å². The fraction of sp³-hybridized carbons (Fsp3) is 0.150. The summed E-state index contributed by atoms with van der Waals surface area (Å²) in [5.74, 6) is -0.722. The minimum absolute atomic E-state index is 0. The molecule has 0 unspecified atom stereocenters. The molecule has 10 nitrogen and oxygen atoms in total. The summed E-state index contributed by atoms with van der Waals surface area (Å²) in [5.41, 5.74) is 6.57. The number of nitro groups is 1. The second kappa shape index (κ2) is 10.8. The lowest BCUT2D eigenvalue weighted by atomic mass is 10.1. The number of thioether (sulfide) groups is 1. The molecule has 32 heavy (non-hydrogen) atoms. The van der Waals surface area contributed by atoms with E-state index in [0.717, 1.165) is 17.3 Å². The van der Waals surface area contributed by atoms with Crippen molar-refractivity contribution in [1.29, 1.82) is 0 Å². The monoisotopic (exact) mass is 479 g/mol. The van der Waals surface area contributed by atoms with Crippen LogP contribution < -0.4 is 15.8 Å². The fourth-order valence-electron chi connectivity index (χ4n) is 2.73. The molecule has 0 aliphatic carbocycles. The minimum Gasteiger partial charge on any atom is -0.468 e. The van der Waals surface area contributed by atoms with Crippen molar-refractivity contribution in [3.05, 3.63) is 68.6 Å². The number of hydrogen-bond donors (Lipinski definition) is 2. The van der Waals surface area contributed by atoms with Crippen LogP contribution in [0.5, 0.6) is 11.5 Å². The largest absolute Gasteiger partial charge is 0.468 e. The van der Waals surface area contributed by atoms with Gasteiger partial charge < -0.3 is 15.2 Å². The van der Waals surface area contributed by atoms with Gasteiger partial charge >= 0.3 is 11.7 Å². The molecule has 12 heteroatoms. The molecule has 2 amide bonds. The third-order valence-corrected chi connectivity index (χ3v) is 5.04. The molecular formula is C20H18ClN3O7S. The maximum absolute atomic E-state index is 11.7. The van der Waals surface area contributed by atoms with Crippen molar-refractivity contribution < 1.29 is 28.8 Å². The molecule has 2 aromatic carbocycles. The summed E-state index contributed by atoms with van der Waals surface area (Å²) in [6.07, 6.45) is 1.66. The third-order valence-electron chi connectivity index (χ3n) is 4.23. The van der Waals surface area contributed by atoms with Crippen LogP contribution in [0.4, 0.5) is 10.5 Å². The third kappa shape index (κ3) is 6.06. The summed E-state index contributed by atoms with van der Waals surface area (Å²) in [4.78, 5) is 45.4. The molecule has 1 saturated heterocycles. The van der Waals surface area contributed by atoms with E-state index in [1.807, 2.05) is 0 Å². The number of rotatable bonds is 7. The van der Waals surface area contributed by atoms with Crippen LogP contribution in [0.15, 0.2) is 47.4 Å². The van der Waals surface area contributed by atoms with Crippen LogP contribution in [0.2, 0.25) is 0 Å². The molecule has 0 aromatic heterocycles. The molecule has 0 saturated carbocycles. The SMILES string of the molecule is COC(=O)[C@@H](N)Cc1ccc(Oc2ccc(/C=C3\SC(=O)NC3=O)cc2[N+](=O)[O-])cc1.Cl. The van der Waals surface area contributed by atoms with Gasteiger partial charge in [-0.2, -0.15) is 0 Å². The first-order valence-corrected chi connectivity index (χ1v) is 9.72. The summed E-state index contributed by atoms with van der Waals surface area (Å²) in [6, 6.07) is 9.98. The molecule has 168 valence electrons. The van der Waals surface area contributed by atoms with Gasteiger partial charge in [-0.25, -0.2) is 0 Å². The summed E-state index contributed by atoms with van der Waals surface area (Å²) < 4.78 is 10.2. The minimum atomic E-state index is -0.796. The zero-order chi connectivity index (χ0) is 22.5. The molecule has 1 fully saturated rings. The van der Waals surface area contributed by atoms with Crippen molar-refractivity contribution in [1.82, 2.24) is 5.32 Å². The van der Waals surface area contributed by atoms with Crippen LogP contribution in [0, 0.1) is 10.1 Å². The number of imide groups is 1. The van der Waals surface area contributed by atoms with E-state index in [4.69, 9.17) is 10.5 Å². The first kappa shape index (κ1) is 24.9. The highest BCUT2D eigenvalue weighted by molar-refractivity contribution is 8.18. The van der Waals surface area contributed by atoms with Crippen LogP contribution in [0.1, 0.15) is 11.1 Å². The van der Waals surface area contributed by atoms with E-state index in [1.165, 1.54) is 31.4 Å². The smallest absolute Gasteiger partial charge is 0.322 e. The number of amides is 2. The lowest BCUT2D eigenvalue weighted by molar-refractivity contribution is -0.385. The van der Waals surface area contributed by atoms with Crippen molar-refractivity contribution in [2.45, 2.75) is 12.5 Å². The Morgan fingerprint density at radius 2 is 1.94 bits per heavy atom. The molecule has 1 aliphatic rings. The fourth-order valence-corrected chi connectivity index (χ4v) is 3.42. The number of benzene rings is 2. The Balaban J connectivity index is 0.00000363. The molecule has 2 aromatic rings. The van der Waals surface area contributed by atoms with E-state index in [0.29, 0.717) is 11.3 Å². The van der Waals surface area contributed by atoms with Crippen LogP contribution in [-0.4, -0.2) is 35.2 Å². The quantitative estimate of drug-likeness (QED) is 0.264. The van der Waals surface area contributed by atoms with Crippen LogP contribution in [-0.2, 0) is 20.7 Å². The van der Waals surface area contributed by atoms with Gasteiger partial charge in [0.1, 0.15) is 11.8 Å². The van der Waals surface area contributed by atoms with Crippen molar-refractivity contribution in [3.63, 3.8) is 0 Å². The average Bonchev–Trinajstić information content (AvgIpc) is 3.06. The second-order valence-electron chi connectivity index (χ2n) is 6.42. The number of nitrogens with one attached hydrogen (secondary N) is 1. The van der Waals surface area contributed by atoms with Gasteiger partial charge in [-0.3, -0.25) is 29.8 Å². The first-order chi connectivity index (χ1) is 14.8. The second-order valence-corrected chi connectivity index (χ2v) is 7.43. The maximum atomic E-state index is 11.7. The highest BCUT2D eigenvalue weighted by Crippen LogP contribution is 2.34. The normalized spacial score (nSPS) is 15.0. The Bertz CT molecular complexity index is 1090. The van der Waals surface area contributed by atoms with E-state index in [1.54, 1.807) is 24.3 Å². The molecular weight excluding hydrogens is 462 g/mol. The van der Waals surface area contributed by atoms with E-state index in [2.05, 4.69) is 10.1 Å². The van der Waals surface area contributed by atoms with Crippen LogP contribution in [0.3, 0.4) is 0 Å².